The Balaban J connectivity index is 1.51. The number of nitrogens with one attached hydrogen (secondary N) is 1. The smallest absolute Gasteiger partial charge is 0.244 e. The Hall–Kier alpha value is -3.20. The summed E-state index contributed by atoms with van der Waals surface area (Å²) in [6, 6.07) is 30.8. The topological polar surface area (TPSA) is 41.5 Å². The number of nitrogens with zero attached hydrogens (tertiary/aromatic N) is 1. The number of amides is 1. The fraction of sp³-hybridized carbons (Fsp3) is 0.200. The molecule has 3 aromatic carbocycles. The van der Waals surface area contributed by atoms with Crippen molar-refractivity contribution in [3.8, 4) is 0 Å². The highest BCUT2D eigenvalue weighted by atomic mass is 16.2. The zero-order valence-corrected chi connectivity index (χ0v) is 16.0. The van der Waals surface area contributed by atoms with Crippen LogP contribution < -0.4 is 5.43 Å². The van der Waals surface area contributed by atoms with E-state index < -0.39 is 0 Å². The number of hydrazone groups is 1. The third-order valence-corrected chi connectivity index (χ3v) is 5.51. The van der Waals surface area contributed by atoms with E-state index in [0.29, 0.717) is 0 Å². The van der Waals surface area contributed by atoms with E-state index in [1.54, 1.807) is 0 Å². The molecule has 140 valence electrons. The molecule has 4 rings (SSSR count). The minimum Gasteiger partial charge on any atom is -0.273 e. The van der Waals surface area contributed by atoms with E-state index in [1.807, 2.05) is 61.5 Å². The molecule has 1 saturated carbocycles. The average molecular weight is 368 g/mol. The molecule has 0 bridgehead atoms. The van der Waals surface area contributed by atoms with Crippen LogP contribution in [-0.4, -0.2) is 11.6 Å². The summed E-state index contributed by atoms with van der Waals surface area (Å²) >= 11 is 0. The molecule has 28 heavy (non-hydrogen) atoms. The molecule has 1 amide bonds. The van der Waals surface area contributed by atoms with Gasteiger partial charge in [0.1, 0.15) is 0 Å². The van der Waals surface area contributed by atoms with Crippen LogP contribution in [0.15, 0.2) is 96.1 Å². The van der Waals surface area contributed by atoms with Crippen LogP contribution >= 0.6 is 0 Å². The highest BCUT2D eigenvalue weighted by molar-refractivity contribution is 5.89. The standard InChI is InChI=1S/C25H24N2O/c1-19(17-20-11-5-2-6-12-20)26-27-24(28)23-18-25(23,21-13-7-3-8-14-21)22-15-9-4-10-16-22/h2-16,23H,17-18H2,1H3,(H,27,28)/b26-19+. The van der Waals surface area contributed by atoms with Gasteiger partial charge in [-0.2, -0.15) is 5.10 Å². The van der Waals surface area contributed by atoms with Gasteiger partial charge in [0.05, 0.1) is 5.92 Å². The van der Waals surface area contributed by atoms with Gasteiger partial charge in [0.25, 0.3) is 0 Å². The Bertz CT molecular complexity index is 926. The first kappa shape index (κ1) is 18.2. The summed E-state index contributed by atoms with van der Waals surface area (Å²) in [4.78, 5) is 12.9. The highest BCUT2D eigenvalue weighted by Crippen LogP contribution is 2.58. The second-order valence-electron chi connectivity index (χ2n) is 7.45. The van der Waals surface area contributed by atoms with Crippen LogP contribution in [0.4, 0.5) is 0 Å². The first-order chi connectivity index (χ1) is 13.7. The summed E-state index contributed by atoms with van der Waals surface area (Å²) in [7, 11) is 0. The lowest BCUT2D eigenvalue weighted by atomic mass is 9.85. The second kappa shape index (κ2) is 7.81. The molecule has 0 saturated heterocycles. The molecule has 1 atom stereocenters. The predicted molar refractivity (Wildman–Crippen MR) is 113 cm³/mol. The Morgan fingerprint density at radius 3 is 1.93 bits per heavy atom. The molecule has 1 aliphatic carbocycles. The van der Waals surface area contributed by atoms with Crippen molar-refractivity contribution >= 4 is 11.6 Å². The van der Waals surface area contributed by atoms with E-state index in [0.717, 1.165) is 18.6 Å². The number of carbonyl (C=O) groups excluding carboxylic acids is 1. The first-order valence-corrected chi connectivity index (χ1v) is 9.68. The molecule has 1 unspecified atom stereocenters. The molecule has 0 heterocycles. The van der Waals surface area contributed by atoms with Crippen LogP contribution in [0.1, 0.15) is 30.0 Å². The van der Waals surface area contributed by atoms with Gasteiger partial charge >= 0.3 is 0 Å². The van der Waals surface area contributed by atoms with Crippen molar-refractivity contribution < 1.29 is 4.79 Å². The van der Waals surface area contributed by atoms with Crippen LogP contribution in [0.5, 0.6) is 0 Å². The molecule has 0 radical (unpaired) electrons. The van der Waals surface area contributed by atoms with Gasteiger partial charge in [0.2, 0.25) is 5.91 Å². The maximum Gasteiger partial charge on any atom is 0.244 e. The lowest BCUT2D eigenvalue weighted by molar-refractivity contribution is -0.122. The Morgan fingerprint density at radius 2 is 1.39 bits per heavy atom. The van der Waals surface area contributed by atoms with E-state index in [4.69, 9.17) is 0 Å². The lowest BCUT2D eigenvalue weighted by Gasteiger charge is -2.18. The quantitative estimate of drug-likeness (QED) is 0.496. The van der Waals surface area contributed by atoms with Crippen LogP contribution in [0.3, 0.4) is 0 Å². The SMILES string of the molecule is C/C(Cc1ccccc1)=N\NC(=O)C1CC1(c1ccccc1)c1ccccc1. The van der Waals surface area contributed by atoms with Gasteiger partial charge in [0.15, 0.2) is 0 Å². The fourth-order valence-corrected chi connectivity index (χ4v) is 4.01. The first-order valence-electron chi connectivity index (χ1n) is 9.68. The largest absolute Gasteiger partial charge is 0.273 e. The minimum absolute atomic E-state index is 0.0138. The highest BCUT2D eigenvalue weighted by Gasteiger charge is 2.60. The normalized spacial score (nSPS) is 17.8. The van der Waals surface area contributed by atoms with Crippen molar-refractivity contribution in [3.05, 3.63) is 108 Å². The fourth-order valence-electron chi connectivity index (χ4n) is 4.01. The molecule has 1 N–H and O–H groups in total. The molecule has 3 heteroatoms. The van der Waals surface area contributed by atoms with Crippen molar-refractivity contribution in [1.29, 1.82) is 0 Å². The number of hydrogen-bond acceptors (Lipinski definition) is 2. The van der Waals surface area contributed by atoms with Gasteiger partial charge < -0.3 is 0 Å². The summed E-state index contributed by atoms with van der Waals surface area (Å²) < 4.78 is 0. The molecule has 3 nitrogen and oxygen atoms in total. The maximum atomic E-state index is 12.9. The van der Waals surface area contributed by atoms with Gasteiger partial charge in [-0.3, -0.25) is 4.79 Å². The van der Waals surface area contributed by atoms with E-state index in [2.05, 4.69) is 46.9 Å². The Morgan fingerprint density at radius 1 is 0.893 bits per heavy atom. The minimum atomic E-state index is -0.255. The van der Waals surface area contributed by atoms with E-state index in [1.165, 1.54) is 16.7 Å². The molecule has 0 spiro atoms. The van der Waals surface area contributed by atoms with E-state index in [-0.39, 0.29) is 17.2 Å². The molecule has 0 aromatic heterocycles. The molecule has 1 fully saturated rings. The van der Waals surface area contributed by atoms with Gasteiger partial charge in [0, 0.05) is 17.5 Å². The predicted octanol–water partition coefficient (Wildman–Crippen LogP) is 4.73. The van der Waals surface area contributed by atoms with Crippen molar-refractivity contribution in [2.75, 3.05) is 0 Å². The summed E-state index contributed by atoms with van der Waals surface area (Å²) in [5, 5.41) is 4.35. The van der Waals surface area contributed by atoms with Crippen LogP contribution in [0, 0.1) is 5.92 Å². The maximum absolute atomic E-state index is 12.9. The molecular weight excluding hydrogens is 344 g/mol. The summed E-state index contributed by atoms with van der Waals surface area (Å²) in [6.07, 6.45) is 1.54. The number of rotatable bonds is 6. The lowest BCUT2D eigenvalue weighted by Crippen LogP contribution is -2.26. The van der Waals surface area contributed by atoms with Gasteiger partial charge in [-0.05, 0) is 30.0 Å². The van der Waals surface area contributed by atoms with Crippen molar-refractivity contribution in [2.45, 2.75) is 25.2 Å². The zero-order valence-electron chi connectivity index (χ0n) is 16.0. The number of carbonyl (C=O) groups is 1. The van der Waals surface area contributed by atoms with E-state index >= 15 is 0 Å². The second-order valence-corrected chi connectivity index (χ2v) is 7.45. The van der Waals surface area contributed by atoms with Crippen molar-refractivity contribution in [1.82, 2.24) is 5.43 Å². The van der Waals surface area contributed by atoms with Gasteiger partial charge in [-0.15, -0.1) is 0 Å². The van der Waals surface area contributed by atoms with Crippen molar-refractivity contribution in [2.24, 2.45) is 11.0 Å². The number of benzene rings is 3. The molecule has 1 aliphatic rings. The summed E-state index contributed by atoms with van der Waals surface area (Å²) in [6.45, 7) is 1.95. The third-order valence-electron chi connectivity index (χ3n) is 5.51. The Labute approximate surface area is 166 Å². The third kappa shape index (κ3) is 3.61. The Kier molecular flexibility index (Phi) is 5.07. The number of hydrogen-bond donors (Lipinski definition) is 1. The van der Waals surface area contributed by atoms with Crippen molar-refractivity contribution in [3.63, 3.8) is 0 Å². The van der Waals surface area contributed by atoms with E-state index in [9.17, 15) is 4.79 Å². The van der Waals surface area contributed by atoms with Gasteiger partial charge in [-0.1, -0.05) is 91.0 Å². The van der Waals surface area contributed by atoms with Gasteiger partial charge in [-0.25, -0.2) is 5.43 Å². The average Bonchev–Trinajstić information content (AvgIpc) is 3.51. The zero-order chi connectivity index (χ0) is 19.4. The molecular formula is C25H24N2O. The van der Waals surface area contributed by atoms with Crippen LogP contribution in [0.2, 0.25) is 0 Å². The van der Waals surface area contributed by atoms with Crippen LogP contribution in [0.25, 0.3) is 0 Å². The monoisotopic (exact) mass is 368 g/mol. The molecule has 3 aromatic rings. The molecule has 0 aliphatic heterocycles. The summed E-state index contributed by atoms with van der Waals surface area (Å²) in [5.74, 6) is -0.120. The summed E-state index contributed by atoms with van der Waals surface area (Å²) in [5.41, 5.74) is 7.01. The van der Waals surface area contributed by atoms with Crippen LogP contribution in [-0.2, 0) is 16.6 Å².